The van der Waals surface area contributed by atoms with Gasteiger partial charge in [0, 0.05) is 0 Å². The van der Waals surface area contributed by atoms with Crippen LogP contribution in [0.2, 0.25) is 0 Å². The second-order valence-electron chi connectivity index (χ2n) is 5.32. The van der Waals surface area contributed by atoms with Gasteiger partial charge in [-0.1, -0.05) is 91.0 Å². The SMILES string of the molecule is NS(=O)(=O)C(c1ccccc1)(c1ccccc1)c1ccccc1. The first kappa shape index (κ1) is 15.5. The topological polar surface area (TPSA) is 60.2 Å². The molecule has 0 radical (unpaired) electrons. The molecule has 0 atom stereocenters. The first-order chi connectivity index (χ1) is 11.1. The minimum absolute atomic E-state index is 0.625. The molecule has 0 aliphatic heterocycles. The highest BCUT2D eigenvalue weighted by molar-refractivity contribution is 7.90. The van der Waals surface area contributed by atoms with Crippen LogP contribution in [0.1, 0.15) is 16.7 Å². The Labute approximate surface area is 136 Å². The summed E-state index contributed by atoms with van der Waals surface area (Å²) < 4.78 is 24.2. The molecule has 3 aromatic rings. The Hall–Kier alpha value is -2.43. The molecule has 0 aliphatic rings. The van der Waals surface area contributed by atoms with Crippen molar-refractivity contribution in [3.8, 4) is 0 Å². The Morgan fingerprint density at radius 1 is 0.565 bits per heavy atom. The second kappa shape index (κ2) is 5.99. The first-order valence-electron chi connectivity index (χ1n) is 7.26. The third-order valence-corrected chi connectivity index (χ3v) is 5.53. The van der Waals surface area contributed by atoms with Gasteiger partial charge in [0.25, 0.3) is 0 Å². The molecule has 0 aliphatic carbocycles. The van der Waals surface area contributed by atoms with E-state index < -0.39 is 14.8 Å². The Morgan fingerprint density at radius 2 is 0.826 bits per heavy atom. The molecule has 4 heteroatoms. The van der Waals surface area contributed by atoms with Gasteiger partial charge in [0.05, 0.1) is 0 Å². The number of hydrogen-bond acceptors (Lipinski definition) is 2. The van der Waals surface area contributed by atoms with Gasteiger partial charge in [-0.25, -0.2) is 13.6 Å². The highest BCUT2D eigenvalue weighted by atomic mass is 32.2. The number of rotatable bonds is 4. The molecular weight excluding hydrogens is 306 g/mol. The molecule has 0 saturated carbocycles. The molecule has 116 valence electrons. The van der Waals surface area contributed by atoms with Crippen LogP contribution in [0.15, 0.2) is 91.0 Å². The molecule has 0 aromatic heterocycles. The highest BCUT2D eigenvalue weighted by Gasteiger charge is 2.46. The predicted molar refractivity (Wildman–Crippen MR) is 92.3 cm³/mol. The second-order valence-corrected chi connectivity index (χ2v) is 7.03. The lowest BCUT2D eigenvalue weighted by molar-refractivity contribution is 0.574. The minimum Gasteiger partial charge on any atom is -0.227 e. The fourth-order valence-electron chi connectivity index (χ4n) is 3.01. The zero-order valence-corrected chi connectivity index (χ0v) is 13.3. The van der Waals surface area contributed by atoms with Gasteiger partial charge in [-0.3, -0.25) is 0 Å². The molecule has 0 heterocycles. The highest BCUT2D eigenvalue weighted by Crippen LogP contribution is 2.42. The van der Waals surface area contributed by atoms with Crippen LogP contribution in [0, 0.1) is 0 Å². The molecule has 3 nitrogen and oxygen atoms in total. The fraction of sp³-hybridized carbons (Fsp3) is 0.0526. The van der Waals surface area contributed by atoms with Gasteiger partial charge in [0.2, 0.25) is 10.0 Å². The summed E-state index contributed by atoms with van der Waals surface area (Å²) in [6.45, 7) is 0. The van der Waals surface area contributed by atoms with Gasteiger partial charge >= 0.3 is 0 Å². The molecule has 3 aromatic carbocycles. The van der Waals surface area contributed by atoms with Gasteiger partial charge in [-0.15, -0.1) is 0 Å². The summed E-state index contributed by atoms with van der Waals surface area (Å²) in [6, 6.07) is 27.3. The molecule has 0 saturated heterocycles. The normalized spacial score (nSPS) is 12.0. The average molecular weight is 323 g/mol. The molecule has 2 N–H and O–H groups in total. The summed E-state index contributed by atoms with van der Waals surface area (Å²) in [5.74, 6) is 0. The van der Waals surface area contributed by atoms with E-state index in [1.165, 1.54) is 0 Å². The van der Waals surface area contributed by atoms with Crippen molar-refractivity contribution in [2.24, 2.45) is 5.14 Å². The minimum atomic E-state index is -3.99. The van der Waals surface area contributed by atoms with Crippen LogP contribution in [-0.2, 0) is 14.8 Å². The number of benzene rings is 3. The van der Waals surface area contributed by atoms with Crippen LogP contribution in [0.25, 0.3) is 0 Å². The summed E-state index contributed by atoms with van der Waals surface area (Å²) in [7, 11) is -3.99. The number of sulfonamides is 1. The Kier molecular flexibility index (Phi) is 4.03. The standard InChI is InChI=1S/C19H17NO2S/c20-23(21,22)19(16-10-4-1-5-11-16,17-12-6-2-7-13-17)18-14-8-3-9-15-18/h1-15H,(H2,20,21,22). The van der Waals surface area contributed by atoms with E-state index in [2.05, 4.69) is 0 Å². The Balaban J connectivity index is 2.46. The van der Waals surface area contributed by atoms with Crippen LogP contribution in [-0.4, -0.2) is 8.42 Å². The van der Waals surface area contributed by atoms with E-state index in [1.807, 2.05) is 54.6 Å². The summed E-state index contributed by atoms with van der Waals surface area (Å²) in [4.78, 5) is 0. The van der Waals surface area contributed by atoms with Crippen molar-refractivity contribution in [1.29, 1.82) is 0 Å². The lowest BCUT2D eigenvalue weighted by atomic mass is 9.84. The van der Waals surface area contributed by atoms with E-state index in [4.69, 9.17) is 5.14 Å². The Bertz CT molecular complexity index is 780. The maximum Gasteiger partial charge on any atom is 0.227 e. The third kappa shape index (κ3) is 2.56. The monoisotopic (exact) mass is 323 g/mol. The van der Waals surface area contributed by atoms with E-state index in [-0.39, 0.29) is 0 Å². The molecule has 0 amide bonds. The van der Waals surface area contributed by atoms with Crippen molar-refractivity contribution in [2.45, 2.75) is 4.75 Å². The number of primary sulfonamides is 1. The summed E-state index contributed by atoms with van der Waals surface area (Å²) in [6.07, 6.45) is 0. The zero-order chi connectivity index (χ0) is 16.3. The zero-order valence-electron chi connectivity index (χ0n) is 12.5. The third-order valence-electron chi connectivity index (χ3n) is 3.97. The summed E-state index contributed by atoms with van der Waals surface area (Å²) >= 11 is 0. The van der Waals surface area contributed by atoms with Crippen LogP contribution in [0.3, 0.4) is 0 Å². The molecule has 0 unspecified atom stereocenters. The fourth-order valence-corrected chi connectivity index (χ4v) is 4.41. The van der Waals surface area contributed by atoms with Crippen molar-refractivity contribution in [2.75, 3.05) is 0 Å². The molecule has 0 fully saturated rings. The lowest BCUT2D eigenvalue weighted by Gasteiger charge is -2.33. The maximum absolute atomic E-state index is 12.8. The molecular formula is C19H17NO2S. The smallest absolute Gasteiger partial charge is 0.227 e. The van der Waals surface area contributed by atoms with Gasteiger partial charge < -0.3 is 0 Å². The quantitative estimate of drug-likeness (QED) is 0.749. The van der Waals surface area contributed by atoms with E-state index >= 15 is 0 Å². The van der Waals surface area contributed by atoms with Gasteiger partial charge in [0.1, 0.15) is 0 Å². The van der Waals surface area contributed by atoms with Crippen LogP contribution in [0.5, 0.6) is 0 Å². The van der Waals surface area contributed by atoms with Crippen molar-refractivity contribution in [3.05, 3.63) is 108 Å². The maximum atomic E-state index is 12.8. The van der Waals surface area contributed by atoms with Gasteiger partial charge in [-0.05, 0) is 16.7 Å². The lowest BCUT2D eigenvalue weighted by Crippen LogP contribution is -2.42. The Morgan fingerprint density at radius 3 is 1.04 bits per heavy atom. The average Bonchev–Trinajstić information content (AvgIpc) is 2.57. The van der Waals surface area contributed by atoms with Crippen LogP contribution < -0.4 is 5.14 Å². The van der Waals surface area contributed by atoms with Crippen LogP contribution >= 0.6 is 0 Å². The van der Waals surface area contributed by atoms with E-state index in [1.54, 1.807) is 36.4 Å². The van der Waals surface area contributed by atoms with E-state index in [9.17, 15) is 8.42 Å². The number of hydrogen-bond donors (Lipinski definition) is 1. The largest absolute Gasteiger partial charge is 0.227 e. The molecule has 23 heavy (non-hydrogen) atoms. The van der Waals surface area contributed by atoms with Crippen molar-refractivity contribution in [3.63, 3.8) is 0 Å². The molecule has 0 bridgehead atoms. The van der Waals surface area contributed by atoms with Crippen molar-refractivity contribution < 1.29 is 8.42 Å². The molecule has 0 spiro atoms. The summed E-state index contributed by atoms with van der Waals surface area (Å²) in [5, 5.41) is 5.78. The van der Waals surface area contributed by atoms with Gasteiger partial charge in [-0.2, -0.15) is 0 Å². The van der Waals surface area contributed by atoms with E-state index in [0.29, 0.717) is 16.7 Å². The van der Waals surface area contributed by atoms with E-state index in [0.717, 1.165) is 0 Å². The number of nitrogens with two attached hydrogens (primary N) is 1. The van der Waals surface area contributed by atoms with Crippen molar-refractivity contribution in [1.82, 2.24) is 0 Å². The first-order valence-corrected chi connectivity index (χ1v) is 8.80. The van der Waals surface area contributed by atoms with Crippen molar-refractivity contribution >= 4 is 10.0 Å². The molecule has 3 rings (SSSR count). The summed E-state index contributed by atoms with van der Waals surface area (Å²) in [5.41, 5.74) is 1.87. The predicted octanol–water partition coefficient (Wildman–Crippen LogP) is 3.27. The van der Waals surface area contributed by atoms with Gasteiger partial charge in [0.15, 0.2) is 4.75 Å². The van der Waals surface area contributed by atoms with Crippen LogP contribution in [0.4, 0.5) is 0 Å².